The third-order valence-electron chi connectivity index (χ3n) is 14.9. The molecule has 42 heavy (non-hydrogen) atoms. The number of aliphatic hydroxyl groups is 4. The van der Waals surface area contributed by atoms with Gasteiger partial charge in [0.15, 0.2) is 6.29 Å². The van der Waals surface area contributed by atoms with Crippen molar-refractivity contribution in [3.05, 3.63) is 11.6 Å². The molecule has 0 amide bonds. The van der Waals surface area contributed by atoms with Crippen LogP contribution in [0.5, 0.6) is 0 Å². The fourth-order valence-electron chi connectivity index (χ4n) is 12.5. The lowest BCUT2D eigenvalue weighted by Gasteiger charge is -2.68. The average molecular weight is 589 g/mol. The minimum atomic E-state index is -1.29. The molecule has 6 aliphatic rings. The van der Waals surface area contributed by atoms with Crippen LogP contribution in [-0.4, -0.2) is 62.7 Å². The van der Waals surface area contributed by atoms with E-state index < -0.39 is 30.2 Å². The molecule has 6 fully saturated rings. The van der Waals surface area contributed by atoms with Crippen LogP contribution >= 0.6 is 0 Å². The molecule has 238 valence electrons. The Morgan fingerprint density at radius 2 is 1.71 bits per heavy atom. The molecule has 0 aromatic carbocycles. The van der Waals surface area contributed by atoms with Crippen molar-refractivity contribution in [2.24, 2.45) is 50.7 Å². The third kappa shape index (κ3) is 3.85. The van der Waals surface area contributed by atoms with E-state index >= 15 is 0 Å². The molecule has 13 atom stereocenters. The predicted octanol–water partition coefficient (Wildman–Crippen LogP) is 5.13. The van der Waals surface area contributed by atoms with Gasteiger partial charge in [-0.2, -0.15) is 0 Å². The lowest BCUT2D eigenvalue weighted by atomic mass is 9.37. The Hall–Kier alpha value is -0.990. The zero-order valence-corrected chi connectivity index (χ0v) is 27.2. The Balaban J connectivity index is 1.26. The van der Waals surface area contributed by atoms with Gasteiger partial charge in [0.2, 0.25) is 0 Å². The second kappa shape index (κ2) is 9.51. The van der Waals surface area contributed by atoms with E-state index in [1.165, 1.54) is 0 Å². The molecule has 5 aliphatic carbocycles. The lowest BCUT2D eigenvalue weighted by molar-refractivity contribution is -0.245. The van der Waals surface area contributed by atoms with Crippen molar-refractivity contribution in [1.29, 1.82) is 0 Å². The Bertz CT molecular complexity index is 1140. The second-order valence-electron chi connectivity index (χ2n) is 17.0. The van der Waals surface area contributed by atoms with Gasteiger partial charge >= 0.3 is 5.97 Å². The summed E-state index contributed by atoms with van der Waals surface area (Å²) in [5.74, 6) is 0.640. The molecule has 0 unspecified atom stereocenters. The van der Waals surface area contributed by atoms with Crippen LogP contribution in [0.15, 0.2) is 11.6 Å². The molecule has 7 nitrogen and oxygen atoms in total. The van der Waals surface area contributed by atoms with Gasteiger partial charge < -0.3 is 29.9 Å². The van der Waals surface area contributed by atoms with Crippen LogP contribution in [0.1, 0.15) is 113 Å². The van der Waals surface area contributed by atoms with E-state index in [0.717, 1.165) is 51.4 Å². The van der Waals surface area contributed by atoms with Gasteiger partial charge in [-0.25, -0.2) is 4.79 Å². The van der Waals surface area contributed by atoms with Gasteiger partial charge in [0.05, 0.1) is 17.8 Å². The summed E-state index contributed by atoms with van der Waals surface area (Å²) in [6.45, 7) is 16.2. The van der Waals surface area contributed by atoms with E-state index in [9.17, 15) is 25.2 Å². The molecule has 6 rings (SSSR count). The Morgan fingerprint density at radius 1 is 1.02 bits per heavy atom. The summed E-state index contributed by atoms with van der Waals surface area (Å²) in [6.07, 6.45) is 7.13. The SMILES string of the molecule is C/C=C(\C)C(=O)O[C@@H]1CC[C@]2(C)[C@H]3CC[C@]45C[C@]4(CC[C@H]5[C@@H]4C[C@H]([C@@H](O)C(C)(C)O)O[C@@H]4O)[C@]3(C)[C@H](O)C[C@H]2C1(C)C. The summed E-state index contributed by atoms with van der Waals surface area (Å²) in [6, 6.07) is 0. The van der Waals surface area contributed by atoms with Gasteiger partial charge in [0.25, 0.3) is 0 Å². The number of hydrogen-bond donors (Lipinski definition) is 4. The molecule has 0 radical (unpaired) electrons. The Kier molecular flexibility index (Phi) is 7.02. The van der Waals surface area contributed by atoms with Gasteiger partial charge in [0, 0.05) is 22.3 Å². The highest BCUT2D eigenvalue weighted by Gasteiger charge is 2.85. The monoisotopic (exact) mass is 588 g/mol. The highest BCUT2D eigenvalue weighted by Crippen LogP contribution is 2.91. The number of carbonyl (C=O) groups excluding carboxylic acids is 1. The van der Waals surface area contributed by atoms with E-state index in [1.54, 1.807) is 13.8 Å². The number of carbonyl (C=O) groups is 1. The highest BCUT2D eigenvalue weighted by atomic mass is 16.6. The van der Waals surface area contributed by atoms with Crippen LogP contribution in [0.25, 0.3) is 0 Å². The standard InChI is InChI=1S/C35H56O7/c1-9-19(2)28(38)42-26-12-13-32(7)23-11-14-34-18-35(34,33(23,8)25(36)17-24(32)30(26,3)4)15-10-21(34)20-16-22(41-29(20)39)27(37)31(5,6)40/h9,20-27,29,36-37,39-40H,10-18H2,1-8H3/b19-9+/t20-,21-,22+,23+,24-,25+,26+,27+,29-,32+,33-,34+,35+/m0/s1. The van der Waals surface area contributed by atoms with Crippen molar-refractivity contribution in [1.82, 2.24) is 0 Å². The number of allylic oxidation sites excluding steroid dienone is 1. The van der Waals surface area contributed by atoms with E-state index in [4.69, 9.17) is 9.47 Å². The maximum absolute atomic E-state index is 12.8. The Morgan fingerprint density at radius 3 is 2.36 bits per heavy atom. The van der Waals surface area contributed by atoms with Gasteiger partial charge in [0.1, 0.15) is 12.2 Å². The van der Waals surface area contributed by atoms with Crippen LogP contribution in [0, 0.1) is 50.7 Å². The van der Waals surface area contributed by atoms with Crippen LogP contribution in [0.2, 0.25) is 0 Å². The number of hydrogen-bond acceptors (Lipinski definition) is 7. The second-order valence-corrected chi connectivity index (χ2v) is 17.0. The zero-order chi connectivity index (χ0) is 30.8. The van der Waals surface area contributed by atoms with Gasteiger partial charge in [-0.15, -0.1) is 0 Å². The predicted molar refractivity (Wildman–Crippen MR) is 159 cm³/mol. The van der Waals surface area contributed by atoms with Gasteiger partial charge in [-0.3, -0.25) is 0 Å². The molecule has 1 heterocycles. The van der Waals surface area contributed by atoms with Crippen LogP contribution in [0.4, 0.5) is 0 Å². The minimum Gasteiger partial charge on any atom is -0.458 e. The van der Waals surface area contributed by atoms with Gasteiger partial charge in [-0.1, -0.05) is 33.8 Å². The summed E-state index contributed by atoms with van der Waals surface area (Å²) in [5.41, 5.74) is -0.895. The molecule has 0 aromatic heterocycles. The highest BCUT2D eigenvalue weighted by molar-refractivity contribution is 5.87. The normalized spacial score (nSPS) is 52.0. The molecule has 0 spiro atoms. The van der Waals surface area contributed by atoms with Crippen LogP contribution in [0.3, 0.4) is 0 Å². The molecule has 4 N–H and O–H groups in total. The van der Waals surface area contributed by atoms with Crippen molar-refractivity contribution >= 4 is 5.97 Å². The largest absolute Gasteiger partial charge is 0.458 e. The molecule has 0 aromatic rings. The molecular weight excluding hydrogens is 532 g/mol. The van der Waals surface area contributed by atoms with Crippen LogP contribution in [-0.2, 0) is 14.3 Å². The smallest absolute Gasteiger partial charge is 0.333 e. The number of rotatable bonds is 5. The van der Waals surface area contributed by atoms with Crippen molar-refractivity contribution in [2.45, 2.75) is 149 Å². The lowest BCUT2D eigenvalue weighted by Crippen LogP contribution is -2.66. The van der Waals surface area contributed by atoms with Crippen LogP contribution < -0.4 is 0 Å². The summed E-state index contributed by atoms with van der Waals surface area (Å²) in [4.78, 5) is 12.8. The maximum atomic E-state index is 12.8. The molecule has 7 heteroatoms. The first-order valence-corrected chi connectivity index (χ1v) is 16.7. The van der Waals surface area contributed by atoms with Crippen molar-refractivity contribution in [2.75, 3.05) is 0 Å². The molecule has 1 aliphatic heterocycles. The van der Waals surface area contributed by atoms with E-state index in [-0.39, 0.29) is 51.0 Å². The summed E-state index contributed by atoms with van der Waals surface area (Å²) < 4.78 is 12.0. The number of fused-ring (bicyclic) bond motifs is 3. The number of aliphatic hydroxyl groups excluding tert-OH is 3. The van der Waals surface area contributed by atoms with Crippen molar-refractivity contribution in [3.8, 4) is 0 Å². The summed E-state index contributed by atoms with van der Waals surface area (Å²) in [5, 5.41) is 44.5. The van der Waals surface area contributed by atoms with Crippen molar-refractivity contribution < 1.29 is 34.7 Å². The quantitative estimate of drug-likeness (QED) is 0.260. The molecule has 1 saturated heterocycles. The topological polar surface area (TPSA) is 116 Å². The first kappa shape index (κ1) is 31.0. The molecular formula is C35H56O7. The number of esters is 1. The van der Waals surface area contributed by atoms with Gasteiger partial charge in [-0.05, 0) is 119 Å². The van der Waals surface area contributed by atoms with E-state index in [1.807, 2.05) is 19.9 Å². The zero-order valence-electron chi connectivity index (χ0n) is 27.2. The summed E-state index contributed by atoms with van der Waals surface area (Å²) in [7, 11) is 0. The first-order valence-electron chi connectivity index (χ1n) is 16.7. The fourth-order valence-corrected chi connectivity index (χ4v) is 12.5. The van der Waals surface area contributed by atoms with E-state index in [2.05, 4.69) is 27.7 Å². The third-order valence-corrected chi connectivity index (χ3v) is 14.9. The van der Waals surface area contributed by atoms with Crippen molar-refractivity contribution in [3.63, 3.8) is 0 Å². The minimum absolute atomic E-state index is 0.0511. The Labute approximate surface area is 252 Å². The first-order chi connectivity index (χ1) is 19.4. The average Bonchev–Trinajstić information content (AvgIpc) is 3.28. The molecule has 0 bridgehead atoms. The number of ether oxygens (including phenoxy) is 2. The maximum Gasteiger partial charge on any atom is 0.333 e. The van der Waals surface area contributed by atoms with E-state index in [0.29, 0.717) is 23.8 Å². The molecule has 5 saturated carbocycles. The fraction of sp³-hybridized carbons (Fsp3) is 0.914. The summed E-state index contributed by atoms with van der Waals surface area (Å²) >= 11 is 0.